The van der Waals surface area contributed by atoms with Crippen LogP contribution in [0.1, 0.15) is 15.9 Å². The van der Waals surface area contributed by atoms with Crippen molar-refractivity contribution in [2.24, 2.45) is 0 Å². The average Bonchev–Trinajstić information content (AvgIpc) is 2.47. The van der Waals surface area contributed by atoms with E-state index in [1.807, 2.05) is 35.2 Å². The highest BCUT2D eigenvalue weighted by molar-refractivity contribution is 9.09. The maximum absolute atomic E-state index is 12.5. The second-order valence-electron chi connectivity index (χ2n) is 4.41. The molecular weight excluding hydrogens is 338 g/mol. The first-order valence-corrected chi connectivity index (χ1v) is 7.85. The predicted molar refractivity (Wildman–Crippen MR) is 86.4 cm³/mol. The number of carbonyl (C=O) groups is 1. The first kappa shape index (κ1) is 15.1. The van der Waals surface area contributed by atoms with Gasteiger partial charge in [-0.15, -0.1) is 0 Å². The van der Waals surface area contributed by atoms with Crippen LogP contribution in [0.3, 0.4) is 0 Å². The van der Waals surface area contributed by atoms with Gasteiger partial charge in [0.1, 0.15) is 0 Å². The molecule has 0 unspecified atom stereocenters. The summed E-state index contributed by atoms with van der Waals surface area (Å²) in [5.41, 5.74) is 1.73. The smallest absolute Gasteiger partial charge is 0.254 e. The van der Waals surface area contributed by atoms with E-state index >= 15 is 0 Å². The van der Waals surface area contributed by atoms with Gasteiger partial charge in [-0.05, 0) is 23.8 Å². The monoisotopic (exact) mass is 351 g/mol. The van der Waals surface area contributed by atoms with Crippen LogP contribution in [-0.4, -0.2) is 22.7 Å². The summed E-state index contributed by atoms with van der Waals surface area (Å²) < 4.78 is 0. The van der Waals surface area contributed by atoms with E-state index in [2.05, 4.69) is 15.9 Å². The van der Waals surface area contributed by atoms with Crippen LogP contribution in [0.2, 0.25) is 5.02 Å². The van der Waals surface area contributed by atoms with Crippen molar-refractivity contribution >= 4 is 33.4 Å². The van der Waals surface area contributed by atoms with E-state index in [-0.39, 0.29) is 5.91 Å². The molecule has 0 N–H and O–H groups in total. The molecule has 104 valence electrons. The fraction of sp³-hybridized carbons (Fsp3) is 0.188. The topological polar surface area (TPSA) is 20.3 Å². The third kappa shape index (κ3) is 4.09. The second-order valence-corrected chi connectivity index (χ2v) is 5.64. The van der Waals surface area contributed by atoms with E-state index < -0.39 is 0 Å². The summed E-state index contributed by atoms with van der Waals surface area (Å²) >= 11 is 9.35. The Labute approximate surface area is 132 Å². The molecule has 0 aliphatic carbocycles. The molecule has 1 amide bonds. The summed E-state index contributed by atoms with van der Waals surface area (Å²) in [6.45, 7) is 1.25. The summed E-state index contributed by atoms with van der Waals surface area (Å²) in [4.78, 5) is 14.4. The van der Waals surface area contributed by atoms with Gasteiger partial charge in [-0.1, -0.05) is 63.9 Å². The first-order valence-electron chi connectivity index (χ1n) is 6.35. The summed E-state index contributed by atoms with van der Waals surface area (Å²) in [5, 5.41) is 1.32. The van der Waals surface area contributed by atoms with Crippen LogP contribution in [0.25, 0.3) is 0 Å². The number of halogens is 2. The van der Waals surface area contributed by atoms with Crippen LogP contribution in [0, 0.1) is 0 Å². The van der Waals surface area contributed by atoms with Gasteiger partial charge in [0, 0.05) is 29.0 Å². The first-order chi connectivity index (χ1) is 9.70. The van der Waals surface area contributed by atoms with Crippen molar-refractivity contribution in [3.63, 3.8) is 0 Å². The number of carbonyl (C=O) groups excluding carboxylic acids is 1. The molecule has 0 saturated carbocycles. The maximum atomic E-state index is 12.5. The van der Waals surface area contributed by atoms with Gasteiger partial charge in [0.2, 0.25) is 0 Å². The molecule has 2 aromatic carbocycles. The van der Waals surface area contributed by atoms with Gasteiger partial charge in [-0.2, -0.15) is 0 Å². The van der Waals surface area contributed by atoms with Crippen molar-refractivity contribution in [2.75, 3.05) is 11.9 Å². The molecule has 2 nitrogen and oxygen atoms in total. The van der Waals surface area contributed by atoms with Crippen LogP contribution in [0.5, 0.6) is 0 Å². The third-order valence-electron chi connectivity index (χ3n) is 2.93. The van der Waals surface area contributed by atoms with Gasteiger partial charge in [-0.3, -0.25) is 4.79 Å². The van der Waals surface area contributed by atoms with Gasteiger partial charge in [0.05, 0.1) is 0 Å². The van der Waals surface area contributed by atoms with Crippen LogP contribution in [0.15, 0.2) is 54.6 Å². The molecule has 0 saturated heterocycles. The van der Waals surface area contributed by atoms with Crippen molar-refractivity contribution in [3.8, 4) is 0 Å². The van der Waals surface area contributed by atoms with Crippen molar-refractivity contribution in [2.45, 2.75) is 6.54 Å². The molecule has 0 heterocycles. The number of rotatable bonds is 5. The molecule has 0 aromatic heterocycles. The Balaban J connectivity index is 2.18. The van der Waals surface area contributed by atoms with Crippen molar-refractivity contribution in [1.82, 2.24) is 4.90 Å². The minimum absolute atomic E-state index is 0.00389. The highest BCUT2D eigenvalue weighted by Crippen LogP contribution is 2.15. The molecule has 0 aliphatic rings. The number of hydrogen-bond acceptors (Lipinski definition) is 1. The molecule has 0 radical (unpaired) electrons. The lowest BCUT2D eigenvalue weighted by Gasteiger charge is -2.22. The van der Waals surface area contributed by atoms with Crippen molar-refractivity contribution in [1.29, 1.82) is 0 Å². The number of alkyl halides is 1. The zero-order valence-electron chi connectivity index (χ0n) is 10.9. The number of amides is 1. The van der Waals surface area contributed by atoms with E-state index in [0.717, 1.165) is 10.9 Å². The van der Waals surface area contributed by atoms with Crippen LogP contribution in [-0.2, 0) is 6.54 Å². The predicted octanol–water partition coefficient (Wildman–Crippen LogP) is 4.38. The summed E-state index contributed by atoms with van der Waals surface area (Å²) in [6, 6.07) is 17.0. The maximum Gasteiger partial charge on any atom is 0.254 e. The lowest BCUT2D eigenvalue weighted by molar-refractivity contribution is 0.0754. The van der Waals surface area contributed by atoms with Gasteiger partial charge in [0.25, 0.3) is 5.91 Å². The SMILES string of the molecule is O=C(c1cccc(Cl)c1)N(CCBr)Cc1ccccc1. The summed E-state index contributed by atoms with van der Waals surface area (Å²) in [5.74, 6) is -0.00389. The van der Waals surface area contributed by atoms with E-state index in [0.29, 0.717) is 23.7 Å². The lowest BCUT2D eigenvalue weighted by atomic mass is 10.1. The molecule has 0 spiro atoms. The second kappa shape index (κ2) is 7.46. The Hall–Kier alpha value is -1.32. The Bertz CT molecular complexity index is 574. The molecule has 2 aromatic rings. The van der Waals surface area contributed by atoms with E-state index in [1.165, 1.54) is 0 Å². The normalized spacial score (nSPS) is 10.3. The highest BCUT2D eigenvalue weighted by Gasteiger charge is 2.15. The Morgan fingerprint density at radius 2 is 1.85 bits per heavy atom. The van der Waals surface area contributed by atoms with E-state index in [9.17, 15) is 4.79 Å². The largest absolute Gasteiger partial charge is 0.333 e. The van der Waals surface area contributed by atoms with Gasteiger partial charge in [0.15, 0.2) is 0 Å². The average molecular weight is 353 g/mol. The fourth-order valence-corrected chi connectivity index (χ4v) is 2.58. The van der Waals surface area contributed by atoms with E-state index in [1.54, 1.807) is 24.3 Å². The standard InChI is InChI=1S/C16H15BrClNO/c17-9-10-19(12-13-5-2-1-3-6-13)16(20)14-7-4-8-15(18)11-14/h1-8,11H,9-10,12H2. The lowest BCUT2D eigenvalue weighted by Crippen LogP contribution is -2.32. The van der Waals surface area contributed by atoms with Crippen LogP contribution >= 0.6 is 27.5 Å². The number of nitrogens with zero attached hydrogens (tertiary/aromatic N) is 1. The van der Waals surface area contributed by atoms with Crippen LogP contribution in [0.4, 0.5) is 0 Å². The molecule has 0 bridgehead atoms. The zero-order chi connectivity index (χ0) is 14.4. The van der Waals surface area contributed by atoms with Crippen molar-refractivity contribution in [3.05, 3.63) is 70.7 Å². The molecule has 20 heavy (non-hydrogen) atoms. The molecule has 2 rings (SSSR count). The minimum Gasteiger partial charge on any atom is -0.333 e. The zero-order valence-corrected chi connectivity index (χ0v) is 13.3. The molecule has 0 aliphatic heterocycles. The van der Waals surface area contributed by atoms with Gasteiger partial charge in [-0.25, -0.2) is 0 Å². The number of benzene rings is 2. The number of hydrogen-bond donors (Lipinski definition) is 0. The molecule has 4 heteroatoms. The van der Waals surface area contributed by atoms with Crippen molar-refractivity contribution < 1.29 is 4.79 Å². The Morgan fingerprint density at radius 3 is 2.50 bits per heavy atom. The Kier molecular flexibility index (Phi) is 5.62. The summed E-state index contributed by atoms with van der Waals surface area (Å²) in [7, 11) is 0. The van der Waals surface area contributed by atoms with Crippen LogP contribution < -0.4 is 0 Å². The molecule has 0 fully saturated rings. The van der Waals surface area contributed by atoms with Gasteiger partial charge >= 0.3 is 0 Å². The third-order valence-corrected chi connectivity index (χ3v) is 3.52. The minimum atomic E-state index is -0.00389. The van der Waals surface area contributed by atoms with Gasteiger partial charge < -0.3 is 4.90 Å². The quantitative estimate of drug-likeness (QED) is 0.731. The molecule has 0 atom stereocenters. The van der Waals surface area contributed by atoms with E-state index in [4.69, 9.17) is 11.6 Å². The summed E-state index contributed by atoms with van der Waals surface area (Å²) in [6.07, 6.45) is 0. The Morgan fingerprint density at radius 1 is 1.10 bits per heavy atom. The molecular formula is C16H15BrClNO. The fourth-order valence-electron chi connectivity index (χ4n) is 1.96. The highest BCUT2D eigenvalue weighted by atomic mass is 79.9.